The average molecular weight is 154 g/mol. The van der Waals surface area contributed by atoms with E-state index in [-0.39, 0.29) is 6.04 Å². The number of nitrogens with two attached hydrogens (primary N) is 1. The fraction of sp³-hybridized carbons (Fsp3) is 0.714. The summed E-state index contributed by atoms with van der Waals surface area (Å²) in [5.74, 6) is 1.80. The summed E-state index contributed by atoms with van der Waals surface area (Å²) in [6.07, 6.45) is 0. The lowest BCUT2D eigenvalue weighted by Crippen LogP contribution is -2.13. The summed E-state index contributed by atoms with van der Waals surface area (Å²) in [5, 5.41) is 7.92. The number of nitrogens with zero attached hydrogens (tertiary/aromatic N) is 3. The standard InChI is InChI=1S/C7H14N4/c1-4-11-6(3)9-10-7(11)5(2)8/h5H,4,8H2,1-3H3/t5-/m1/s1. The third kappa shape index (κ3) is 1.40. The minimum Gasteiger partial charge on any atom is -0.322 e. The molecule has 0 saturated heterocycles. The van der Waals surface area contributed by atoms with Crippen molar-refractivity contribution in [1.29, 1.82) is 0 Å². The van der Waals surface area contributed by atoms with Gasteiger partial charge in [-0.3, -0.25) is 0 Å². The average Bonchev–Trinajstić information content (AvgIpc) is 2.30. The van der Waals surface area contributed by atoms with Crippen LogP contribution in [0, 0.1) is 6.92 Å². The molecule has 0 aliphatic carbocycles. The first kappa shape index (κ1) is 8.20. The molecule has 1 rings (SSSR count). The molecular weight excluding hydrogens is 140 g/mol. The maximum Gasteiger partial charge on any atom is 0.149 e. The van der Waals surface area contributed by atoms with Crippen molar-refractivity contribution in [2.24, 2.45) is 5.73 Å². The molecule has 1 heterocycles. The molecule has 0 aliphatic rings. The highest BCUT2D eigenvalue weighted by Gasteiger charge is 2.09. The summed E-state index contributed by atoms with van der Waals surface area (Å²) < 4.78 is 2.02. The van der Waals surface area contributed by atoms with Gasteiger partial charge in [-0.2, -0.15) is 0 Å². The number of hydrogen-bond donors (Lipinski definition) is 1. The molecule has 2 N–H and O–H groups in total. The molecule has 4 nitrogen and oxygen atoms in total. The highest BCUT2D eigenvalue weighted by Crippen LogP contribution is 2.07. The van der Waals surface area contributed by atoms with Gasteiger partial charge < -0.3 is 10.3 Å². The first-order valence-corrected chi connectivity index (χ1v) is 3.82. The van der Waals surface area contributed by atoms with E-state index in [2.05, 4.69) is 17.1 Å². The third-order valence-electron chi connectivity index (χ3n) is 1.69. The number of aryl methyl sites for hydroxylation is 1. The maximum absolute atomic E-state index is 5.68. The molecule has 0 bridgehead atoms. The van der Waals surface area contributed by atoms with Gasteiger partial charge in [0, 0.05) is 6.54 Å². The number of rotatable bonds is 2. The molecule has 1 aromatic heterocycles. The Labute approximate surface area is 66.4 Å². The van der Waals surface area contributed by atoms with E-state index in [9.17, 15) is 0 Å². The van der Waals surface area contributed by atoms with E-state index in [1.807, 2.05) is 18.4 Å². The second-order valence-corrected chi connectivity index (χ2v) is 2.64. The van der Waals surface area contributed by atoms with Gasteiger partial charge in [0.25, 0.3) is 0 Å². The van der Waals surface area contributed by atoms with Crippen molar-refractivity contribution in [3.8, 4) is 0 Å². The summed E-state index contributed by atoms with van der Waals surface area (Å²) in [6.45, 7) is 6.79. The second kappa shape index (κ2) is 3.00. The Bertz CT molecular complexity index is 239. The van der Waals surface area contributed by atoms with Crippen LogP contribution in [-0.2, 0) is 6.54 Å². The summed E-state index contributed by atoms with van der Waals surface area (Å²) in [6, 6.07) is -0.0313. The SMILES string of the molecule is CCn1c(C)nnc1[C@@H](C)N. The molecule has 0 spiro atoms. The fourth-order valence-electron chi connectivity index (χ4n) is 1.13. The van der Waals surface area contributed by atoms with Crippen molar-refractivity contribution in [3.05, 3.63) is 11.6 Å². The Morgan fingerprint density at radius 2 is 2.18 bits per heavy atom. The molecule has 0 radical (unpaired) electrons. The van der Waals surface area contributed by atoms with Crippen LogP contribution >= 0.6 is 0 Å². The first-order valence-electron chi connectivity index (χ1n) is 3.82. The highest BCUT2D eigenvalue weighted by atomic mass is 15.3. The maximum atomic E-state index is 5.68. The van der Waals surface area contributed by atoms with Crippen LogP contribution in [0.5, 0.6) is 0 Å². The zero-order valence-electron chi connectivity index (χ0n) is 7.20. The van der Waals surface area contributed by atoms with Crippen LogP contribution in [0.4, 0.5) is 0 Å². The van der Waals surface area contributed by atoms with Crippen molar-refractivity contribution < 1.29 is 0 Å². The second-order valence-electron chi connectivity index (χ2n) is 2.64. The van der Waals surface area contributed by atoms with Crippen LogP contribution < -0.4 is 5.73 Å². The molecule has 1 aromatic rings. The van der Waals surface area contributed by atoms with Crippen molar-refractivity contribution >= 4 is 0 Å². The minimum atomic E-state index is -0.0313. The van der Waals surface area contributed by atoms with E-state index in [0.29, 0.717) is 0 Å². The molecule has 0 unspecified atom stereocenters. The third-order valence-corrected chi connectivity index (χ3v) is 1.69. The van der Waals surface area contributed by atoms with Crippen LogP contribution in [-0.4, -0.2) is 14.8 Å². The smallest absolute Gasteiger partial charge is 0.149 e. The lowest BCUT2D eigenvalue weighted by Gasteiger charge is -2.06. The predicted molar refractivity (Wildman–Crippen MR) is 43.0 cm³/mol. The summed E-state index contributed by atoms with van der Waals surface area (Å²) >= 11 is 0. The molecule has 0 saturated carbocycles. The summed E-state index contributed by atoms with van der Waals surface area (Å²) in [5.41, 5.74) is 5.68. The molecular formula is C7H14N4. The molecule has 0 amide bonds. The van der Waals surface area contributed by atoms with Gasteiger partial charge in [-0.25, -0.2) is 0 Å². The van der Waals surface area contributed by atoms with Gasteiger partial charge in [-0.15, -0.1) is 10.2 Å². The van der Waals surface area contributed by atoms with Crippen LogP contribution in [0.25, 0.3) is 0 Å². The van der Waals surface area contributed by atoms with E-state index in [4.69, 9.17) is 5.73 Å². The largest absolute Gasteiger partial charge is 0.322 e. The topological polar surface area (TPSA) is 56.7 Å². The Balaban J connectivity index is 3.05. The predicted octanol–water partition coefficient (Wildman–Crippen LogP) is 0.626. The Kier molecular flexibility index (Phi) is 2.24. The zero-order chi connectivity index (χ0) is 8.43. The van der Waals surface area contributed by atoms with E-state index in [0.717, 1.165) is 18.2 Å². The summed E-state index contributed by atoms with van der Waals surface area (Å²) in [4.78, 5) is 0. The van der Waals surface area contributed by atoms with Crippen LogP contribution in [0.3, 0.4) is 0 Å². The van der Waals surface area contributed by atoms with Crippen molar-refractivity contribution in [3.63, 3.8) is 0 Å². The minimum absolute atomic E-state index is 0.0313. The Morgan fingerprint density at radius 3 is 2.55 bits per heavy atom. The van der Waals surface area contributed by atoms with Crippen LogP contribution in [0.2, 0.25) is 0 Å². The molecule has 1 atom stereocenters. The molecule has 0 fully saturated rings. The van der Waals surface area contributed by atoms with E-state index >= 15 is 0 Å². The quantitative estimate of drug-likeness (QED) is 0.679. The summed E-state index contributed by atoms with van der Waals surface area (Å²) in [7, 11) is 0. The van der Waals surface area contributed by atoms with Gasteiger partial charge in [0.15, 0.2) is 0 Å². The van der Waals surface area contributed by atoms with Crippen molar-refractivity contribution in [1.82, 2.24) is 14.8 Å². The number of hydrogen-bond acceptors (Lipinski definition) is 3. The van der Waals surface area contributed by atoms with Gasteiger partial charge in [0.1, 0.15) is 11.6 Å². The van der Waals surface area contributed by atoms with Crippen molar-refractivity contribution in [2.75, 3.05) is 0 Å². The fourth-order valence-corrected chi connectivity index (χ4v) is 1.13. The first-order chi connectivity index (χ1) is 5.16. The van der Waals surface area contributed by atoms with Gasteiger partial charge in [0.2, 0.25) is 0 Å². The van der Waals surface area contributed by atoms with E-state index in [1.54, 1.807) is 0 Å². The lowest BCUT2D eigenvalue weighted by atomic mass is 10.3. The zero-order valence-corrected chi connectivity index (χ0v) is 7.20. The Morgan fingerprint density at radius 1 is 1.55 bits per heavy atom. The van der Waals surface area contributed by atoms with E-state index < -0.39 is 0 Å². The molecule has 62 valence electrons. The number of aromatic nitrogens is 3. The van der Waals surface area contributed by atoms with Gasteiger partial charge in [-0.05, 0) is 20.8 Å². The molecule has 11 heavy (non-hydrogen) atoms. The monoisotopic (exact) mass is 154 g/mol. The van der Waals surface area contributed by atoms with Gasteiger partial charge in [-0.1, -0.05) is 0 Å². The highest BCUT2D eigenvalue weighted by molar-refractivity contribution is 4.97. The van der Waals surface area contributed by atoms with E-state index in [1.165, 1.54) is 0 Å². The molecule has 0 aromatic carbocycles. The molecule has 0 aliphatic heterocycles. The van der Waals surface area contributed by atoms with Crippen LogP contribution in [0.1, 0.15) is 31.5 Å². The van der Waals surface area contributed by atoms with Crippen molar-refractivity contribution in [2.45, 2.75) is 33.4 Å². The normalized spacial score (nSPS) is 13.5. The molecule has 4 heteroatoms. The lowest BCUT2D eigenvalue weighted by molar-refractivity contribution is 0.626. The van der Waals surface area contributed by atoms with Crippen LogP contribution in [0.15, 0.2) is 0 Å². The Hall–Kier alpha value is -0.900. The van der Waals surface area contributed by atoms with Gasteiger partial charge in [0.05, 0.1) is 6.04 Å². The van der Waals surface area contributed by atoms with Gasteiger partial charge >= 0.3 is 0 Å².